The lowest BCUT2D eigenvalue weighted by molar-refractivity contribution is -0.120. The number of hydrogen-bond donors (Lipinski definition) is 4. The number of halogens is 1. The summed E-state index contributed by atoms with van der Waals surface area (Å²) in [6, 6.07) is 4.09. The van der Waals surface area contributed by atoms with Crippen LogP contribution in [0.25, 0.3) is 11.6 Å². The Kier molecular flexibility index (Phi) is 5.30. The zero-order chi connectivity index (χ0) is 20.4. The number of hydrogen-bond acceptors (Lipinski definition) is 3. The van der Waals surface area contributed by atoms with Gasteiger partial charge in [-0.25, -0.2) is 4.39 Å². The third kappa shape index (κ3) is 3.66. The van der Waals surface area contributed by atoms with Crippen LogP contribution >= 0.6 is 0 Å². The summed E-state index contributed by atoms with van der Waals surface area (Å²) in [5.41, 5.74) is 3.55. The van der Waals surface area contributed by atoms with Crippen LogP contribution in [0, 0.1) is 19.7 Å². The molecule has 1 aromatic carbocycles. The van der Waals surface area contributed by atoms with Gasteiger partial charge in [0.2, 0.25) is 5.91 Å². The molecule has 146 valence electrons. The number of aromatic amines is 1. The SMILES string of the molecule is CCNC(=O)CNC(=O)c1c(C)[nH]c(/C=C2\C(=O)Nc3ccc(F)cc32)c1C. The molecule has 0 spiro atoms. The Balaban J connectivity index is 1.90. The van der Waals surface area contributed by atoms with Crippen LogP contribution in [-0.2, 0) is 9.59 Å². The fourth-order valence-corrected chi connectivity index (χ4v) is 3.22. The Morgan fingerprint density at radius 2 is 1.96 bits per heavy atom. The van der Waals surface area contributed by atoms with Crippen molar-refractivity contribution in [3.8, 4) is 0 Å². The number of aromatic nitrogens is 1. The quantitative estimate of drug-likeness (QED) is 0.594. The number of nitrogens with one attached hydrogen (secondary N) is 4. The van der Waals surface area contributed by atoms with Crippen LogP contribution in [0.4, 0.5) is 10.1 Å². The van der Waals surface area contributed by atoms with Gasteiger partial charge < -0.3 is 20.9 Å². The van der Waals surface area contributed by atoms with E-state index < -0.39 is 5.82 Å². The van der Waals surface area contributed by atoms with Crippen LogP contribution < -0.4 is 16.0 Å². The molecule has 3 rings (SSSR count). The van der Waals surface area contributed by atoms with Crippen LogP contribution in [-0.4, -0.2) is 35.8 Å². The highest BCUT2D eigenvalue weighted by atomic mass is 19.1. The second kappa shape index (κ2) is 7.67. The Labute approximate surface area is 161 Å². The average Bonchev–Trinajstić information content (AvgIpc) is 3.09. The molecule has 0 unspecified atom stereocenters. The smallest absolute Gasteiger partial charge is 0.256 e. The summed E-state index contributed by atoms with van der Waals surface area (Å²) in [5.74, 6) is -1.43. The van der Waals surface area contributed by atoms with E-state index in [1.807, 2.05) is 0 Å². The zero-order valence-electron chi connectivity index (χ0n) is 15.8. The van der Waals surface area contributed by atoms with Gasteiger partial charge in [0.1, 0.15) is 5.82 Å². The molecule has 2 aromatic rings. The Morgan fingerprint density at radius 3 is 2.68 bits per heavy atom. The van der Waals surface area contributed by atoms with Gasteiger partial charge >= 0.3 is 0 Å². The van der Waals surface area contributed by atoms with Crippen molar-refractivity contribution in [3.63, 3.8) is 0 Å². The molecular weight excluding hydrogens is 363 g/mol. The summed E-state index contributed by atoms with van der Waals surface area (Å²) in [7, 11) is 0. The fraction of sp³-hybridized carbons (Fsp3) is 0.250. The van der Waals surface area contributed by atoms with Gasteiger partial charge in [0.05, 0.1) is 17.7 Å². The lowest BCUT2D eigenvalue weighted by atomic mass is 10.0. The molecule has 8 heteroatoms. The van der Waals surface area contributed by atoms with Crippen LogP contribution in [0.5, 0.6) is 0 Å². The summed E-state index contributed by atoms with van der Waals surface area (Å²) in [6.45, 7) is 5.64. The minimum absolute atomic E-state index is 0.123. The van der Waals surface area contributed by atoms with Gasteiger partial charge in [0.25, 0.3) is 11.8 Å². The van der Waals surface area contributed by atoms with E-state index in [2.05, 4.69) is 20.9 Å². The average molecular weight is 384 g/mol. The topological polar surface area (TPSA) is 103 Å². The molecule has 28 heavy (non-hydrogen) atoms. The largest absolute Gasteiger partial charge is 0.358 e. The van der Waals surface area contributed by atoms with Gasteiger partial charge in [0, 0.05) is 29.2 Å². The molecule has 1 aromatic heterocycles. The van der Waals surface area contributed by atoms with Gasteiger partial charge in [0.15, 0.2) is 0 Å². The van der Waals surface area contributed by atoms with E-state index in [0.717, 1.165) is 0 Å². The highest BCUT2D eigenvalue weighted by Crippen LogP contribution is 2.34. The third-order valence-electron chi connectivity index (χ3n) is 4.54. The van der Waals surface area contributed by atoms with Crippen LogP contribution in [0.15, 0.2) is 18.2 Å². The predicted octanol–water partition coefficient (Wildman–Crippen LogP) is 2.13. The van der Waals surface area contributed by atoms with E-state index in [1.165, 1.54) is 18.2 Å². The number of likely N-dealkylation sites (N-methyl/N-ethyl adjacent to an activating group) is 1. The molecular formula is C20H21FN4O3. The molecule has 3 amide bonds. The molecule has 0 bridgehead atoms. The molecule has 0 aliphatic carbocycles. The van der Waals surface area contributed by atoms with Crippen molar-refractivity contribution in [2.24, 2.45) is 0 Å². The first-order chi connectivity index (χ1) is 13.3. The van der Waals surface area contributed by atoms with E-state index in [-0.39, 0.29) is 24.3 Å². The van der Waals surface area contributed by atoms with Crippen molar-refractivity contribution in [2.45, 2.75) is 20.8 Å². The zero-order valence-corrected chi connectivity index (χ0v) is 15.8. The fourth-order valence-electron chi connectivity index (χ4n) is 3.22. The van der Waals surface area contributed by atoms with Gasteiger partial charge in [-0.05, 0) is 50.6 Å². The van der Waals surface area contributed by atoms with Crippen molar-refractivity contribution in [1.29, 1.82) is 0 Å². The Morgan fingerprint density at radius 1 is 1.21 bits per heavy atom. The summed E-state index contributed by atoms with van der Waals surface area (Å²) < 4.78 is 13.6. The van der Waals surface area contributed by atoms with E-state index >= 15 is 0 Å². The van der Waals surface area contributed by atoms with E-state index in [4.69, 9.17) is 0 Å². The van der Waals surface area contributed by atoms with Crippen molar-refractivity contribution in [3.05, 3.63) is 52.1 Å². The van der Waals surface area contributed by atoms with Gasteiger partial charge in [-0.2, -0.15) is 0 Å². The maximum Gasteiger partial charge on any atom is 0.256 e. The number of fused-ring (bicyclic) bond motifs is 1. The predicted molar refractivity (Wildman–Crippen MR) is 104 cm³/mol. The van der Waals surface area contributed by atoms with Gasteiger partial charge in [-0.1, -0.05) is 0 Å². The molecule has 0 radical (unpaired) electrons. The van der Waals surface area contributed by atoms with Crippen LogP contribution in [0.2, 0.25) is 0 Å². The molecule has 4 N–H and O–H groups in total. The summed E-state index contributed by atoms with van der Waals surface area (Å²) in [6.07, 6.45) is 1.60. The summed E-state index contributed by atoms with van der Waals surface area (Å²) >= 11 is 0. The first kappa shape index (κ1) is 19.3. The molecule has 0 saturated heterocycles. The summed E-state index contributed by atoms with van der Waals surface area (Å²) in [4.78, 5) is 39.4. The van der Waals surface area contributed by atoms with Crippen molar-refractivity contribution < 1.29 is 18.8 Å². The monoisotopic (exact) mass is 384 g/mol. The first-order valence-corrected chi connectivity index (χ1v) is 8.88. The Hall–Kier alpha value is -3.42. The van der Waals surface area contributed by atoms with Crippen molar-refractivity contribution in [1.82, 2.24) is 15.6 Å². The molecule has 2 heterocycles. The second-order valence-electron chi connectivity index (χ2n) is 6.50. The van der Waals surface area contributed by atoms with Crippen LogP contribution in [0.3, 0.4) is 0 Å². The van der Waals surface area contributed by atoms with E-state index in [0.29, 0.717) is 45.9 Å². The van der Waals surface area contributed by atoms with Gasteiger partial charge in [-0.3, -0.25) is 14.4 Å². The van der Waals surface area contributed by atoms with Crippen LogP contribution in [0.1, 0.15) is 39.8 Å². The highest BCUT2D eigenvalue weighted by molar-refractivity contribution is 6.34. The number of anilines is 1. The number of carbonyl (C=O) groups is 3. The summed E-state index contributed by atoms with van der Waals surface area (Å²) in [5, 5.41) is 7.88. The lowest BCUT2D eigenvalue weighted by Crippen LogP contribution is -2.37. The molecule has 0 saturated carbocycles. The first-order valence-electron chi connectivity index (χ1n) is 8.88. The number of amides is 3. The minimum Gasteiger partial charge on any atom is -0.358 e. The number of carbonyl (C=O) groups excluding carboxylic acids is 3. The number of rotatable bonds is 5. The highest BCUT2D eigenvalue weighted by Gasteiger charge is 2.26. The van der Waals surface area contributed by atoms with Crippen molar-refractivity contribution >= 4 is 35.1 Å². The van der Waals surface area contributed by atoms with E-state index in [1.54, 1.807) is 26.8 Å². The number of H-pyrrole nitrogens is 1. The molecule has 1 aliphatic rings. The normalized spacial score (nSPS) is 14.0. The van der Waals surface area contributed by atoms with E-state index in [9.17, 15) is 18.8 Å². The van der Waals surface area contributed by atoms with Crippen molar-refractivity contribution in [2.75, 3.05) is 18.4 Å². The minimum atomic E-state index is -0.439. The Bertz CT molecular complexity index is 1010. The molecule has 7 nitrogen and oxygen atoms in total. The van der Waals surface area contributed by atoms with Gasteiger partial charge in [-0.15, -0.1) is 0 Å². The molecule has 1 aliphatic heterocycles. The lowest BCUT2D eigenvalue weighted by Gasteiger charge is -2.06. The number of aryl methyl sites for hydroxylation is 1. The molecule has 0 fully saturated rings. The standard InChI is InChI=1S/C20H21FN4O3/c1-4-22-17(26)9-23-20(28)18-10(2)16(24-11(18)3)8-14-13-7-12(21)5-6-15(13)25-19(14)27/h5-8,24H,4,9H2,1-3H3,(H,22,26)(H,23,28)(H,25,27)/b14-8-. The molecule has 0 atom stereocenters. The second-order valence-corrected chi connectivity index (χ2v) is 6.50. The third-order valence-corrected chi connectivity index (χ3v) is 4.54. The number of benzene rings is 1. The maximum atomic E-state index is 13.6. The maximum absolute atomic E-state index is 13.6.